The van der Waals surface area contributed by atoms with E-state index in [9.17, 15) is 4.79 Å². The Balaban J connectivity index is 1.66. The number of benzene rings is 1. The maximum absolute atomic E-state index is 12.2. The molecular weight excluding hydrogens is 360 g/mol. The highest BCUT2D eigenvalue weighted by molar-refractivity contribution is 9.10. The number of halogens is 1. The highest BCUT2D eigenvalue weighted by Gasteiger charge is 2.16. The molecule has 1 aromatic carbocycles. The number of carbonyl (C=O) groups is 1. The second kappa shape index (κ2) is 7.20. The summed E-state index contributed by atoms with van der Waals surface area (Å²) in [5, 5.41) is 4.06. The van der Waals surface area contributed by atoms with Crippen molar-refractivity contribution in [3.63, 3.8) is 0 Å². The largest absolute Gasteiger partial charge is 0.281 e. The van der Waals surface area contributed by atoms with Crippen LogP contribution in [0.25, 0.3) is 0 Å². The summed E-state index contributed by atoms with van der Waals surface area (Å²) in [5.74, 6) is -0.124. The summed E-state index contributed by atoms with van der Waals surface area (Å²) in [6.07, 6.45) is 7.60. The summed E-state index contributed by atoms with van der Waals surface area (Å²) in [4.78, 5) is 14.3. The van der Waals surface area contributed by atoms with E-state index in [2.05, 4.69) is 26.5 Å². The molecule has 0 saturated heterocycles. The van der Waals surface area contributed by atoms with E-state index < -0.39 is 0 Å². The Morgan fingerprint density at radius 1 is 1.23 bits per heavy atom. The molecule has 114 valence electrons. The van der Waals surface area contributed by atoms with Crippen molar-refractivity contribution in [1.82, 2.24) is 5.43 Å². The molecule has 0 atom stereocenters. The molecule has 1 aliphatic rings. The van der Waals surface area contributed by atoms with Crippen LogP contribution in [0.5, 0.6) is 0 Å². The standard InChI is InChI=1S/C17H17BrN2OS/c18-14-8-5-4-7-13(14)11-19-20-17(21)16-10-12-6-2-1-3-9-15(12)22-16/h4-5,7-8,10-11H,1-3,6,9H2,(H,20,21)/b19-11-. The Bertz CT molecular complexity index is 685. The molecule has 0 bridgehead atoms. The quantitative estimate of drug-likeness (QED) is 0.476. The smallest absolute Gasteiger partial charge is 0.266 e. The lowest BCUT2D eigenvalue weighted by atomic mass is 10.1. The number of hydrogen-bond acceptors (Lipinski definition) is 3. The normalized spacial score (nSPS) is 14.6. The number of nitrogens with zero attached hydrogens (tertiary/aromatic N) is 1. The lowest BCUT2D eigenvalue weighted by Crippen LogP contribution is -2.16. The molecule has 3 nitrogen and oxygen atoms in total. The zero-order valence-electron chi connectivity index (χ0n) is 12.1. The third kappa shape index (κ3) is 3.65. The molecule has 2 aromatic rings. The van der Waals surface area contributed by atoms with Gasteiger partial charge in [0.25, 0.3) is 5.91 Å². The third-order valence-corrected chi connectivity index (χ3v) is 5.70. The molecular formula is C17H17BrN2OS. The lowest BCUT2D eigenvalue weighted by molar-refractivity contribution is 0.0959. The second-order valence-corrected chi connectivity index (χ2v) is 7.33. The Morgan fingerprint density at radius 2 is 2.05 bits per heavy atom. The van der Waals surface area contributed by atoms with Crippen LogP contribution in [0.1, 0.15) is 44.9 Å². The van der Waals surface area contributed by atoms with E-state index in [1.54, 1.807) is 17.6 Å². The summed E-state index contributed by atoms with van der Waals surface area (Å²) in [7, 11) is 0. The Morgan fingerprint density at radius 3 is 2.91 bits per heavy atom. The highest BCUT2D eigenvalue weighted by Crippen LogP contribution is 2.28. The van der Waals surface area contributed by atoms with Crippen LogP contribution in [0.4, 0.5) is 0 Å². The van der Waals surface area contributed by atoms with Gasteiger partial charge in [0.2, 0.25) is 0 Å². The molecule has 1 N–H and O–H groups in total. The van der Waals surface area contributed by atoms with Crippen molar-refractivity contribution < 1.29 is 4.79 Å². The highest BCUT2D eigenvalue weighted by atomic mass is 79.9. The average molecular weight is 377 g/mol. The number of thiophene rings is 1. The molecule has 0 spiro atoms. The number of hydrogen-bond donors (Lipinski definition) is 1. The monoisotopic (exact) mass is 376 g/mol. The van der Waals surface area contributed by atoms with Crippen LogP contribution < -0.4 is 5.43 Å². The van der Waals surface area contributed by atoms with Gasteiger partial charge in [0.1, 0.15) is 0 Å². The predicted molar refractivity (Wildman–Crippen MR) is 94.8 cm³/mol. The number of nitrogens with one attached hydrogen (secondary N) is 1. The van der Waals surface area contributed by atoms with Gasteiger partial charge in [-0.05, 0) is 43.4 Å². The Kier molecular flexibility index (Phi) is 5.05. The Labute approximate surface area is 142 Å². The van der Waals surface area contributed by atoms with Crippen molar-refractivity contribution in [2.45, 2.75) is 32.1 Å². The molecule has 0 aliphatic heterocycles. The number of amides is 1. The number of aryl methyl sites for hydroxylation is 2. The van der Waals surface area contributed by atoms with Gasteiger partial charge in [-0.1, -0.05) is 40.5 Å². The second-order valence-electron chi connectivity index (χ2n) is 5.34. The third-order valence-electron chi connectivity index (χ3n) is 3.75. The van der Waals surface area contributed by atoms with E-state index >= 15 is 0 Å². The molecule has 22 heavy (non-hydrogen) atoms. The van der Waals surface area contributed by atoms with Crippen molar-refractivity contribution in [1.29, 1.82) is 0 Å². The fourth-order valence-corrected chi connectivity index (χ4v) is 4.11. The van der Waals surface area contributed by atoms with Crippen molar-refractivity contribution in [3.8, 4) is 0 Å². The summed E-state index contributed by atoms with van der Waals surface area (Å²) in [6.45, 7) is 0. The van der Waals surface area contributed by atoms with Gasteiger partial charge in [-0.3, -0.25) is 4.79 Å². The van der Waals surface area contributed by atoms with E-state index in [0.717, 1.165) is 27.8 Å². The summed E-state index contributed by atoms with van der Waals surface area (Å²) in [5.41, 5.74) is 4.90. The lowest BCUT2D eigenvalue weighted by Gasteiger charge is -1.98. The first-order valence-corrected chi connectivity index (χ1v) is 9.04. The van der Waals surface area contributed by atoms with E-state index in [1.807, 2.05) is 30.3 Å². The summed E-state index contributed by atoms with van der Waals surface area (Å²) in [6, 6.07) is 9.80. The zero-order valence-corrected chi connectivity index (χ0v) is 14.5. The average Bonchev–Trinajstić information content (AvgIpc) is 2.80. The van der Waals surface area contributed by atoms with Gasteiger partial charge in [0.15, 0.2) is 0 Å². The van der Waals surface area contributed by atoms with Crippen LogP contribution in [0.2, 0.25) is 0 Å². The van der Waals surface area contributed by atoms with E-state index in [4.69, 9.17) is 0 Å². The number of carbonyl (C=O) groups excluding carboxylic acids is 1. The molecule has 1 heterocycles. The van der Waals surface area contributed by atoms with Gasteiger partial charge in [-0.15, -0.1) is 11.3 Å². The SMILES string of the molecule is O=C(N/N=C\c1ccccc1Br)c1cc2c(s1)CCCCC2. The van der Waals surface area contributed by atoms with Crippen LogP contribution in [0, 0.1) is 0 Å². The van der Waals surface area contributed by atoms with Crippen molar-refractivity contribution in [2.24, 2.45) is 5.10 Å². The van der Waals surface area contributed by atoms with Gasteiger partial charge in [-0.2, -0.15) is 5.10 Å². The fraction of sp³-hybridized carbons (Fsp3) is 0.294. The van der Waals surface area contributed by atoms with Gasteiger partial charge < -0.3 is 0 Å². The van der Waals surface area contributed by atoms with E-state index in [0.29, 0.717) is 0 Å². The van der Waals surface area contributed by atoms with Gasteiger partial charge >= 0.3 is 0 Å². The fourth-order valence-electron chi connectivity index (χ4n) is 2.57. The molecule has 5 heteroatoms. The predicted octanol–water partition coefficient (Wildman–Crippen LogP) is 4.54. The maximum Gasteiger partial charge on any atom is 0.281 e. The van der Waals surface area contributed by atoms with Crippen LogP contribution in [-0.4, -0.2) is 12.1 Å². The minimum atomic E-state index is -0.124. The molecule has 0 unspecified atom stereocenters. The van der Waals surface area contributed by atoms with Crippen LogP contribution >= 0.6 is 27.3 Å². The topological polar surface area (TPSA) is 41.5 Å². The zero-order chi connectivity index (χ0) is 15.4. The maximum atomic E-state index is 12.2. The summed E-state index contributed by atoms with van der Waals surface area (Å²) >= 11 is 5.06. The molecule has 3 rings (SSSR count). The number of rotatable bonds is 3. The Hall–Kier alpha value is -1.46. The first-order valence-electron chi connectivity index (χ1n) is 7.43. The van der Waals surface area contributed by atoms with Crippen LogP contribution in [0.3, 0.4) is 0 Å². The van der Waals surface area contributed by atoms with Gasteiger partial charge in [0.05, 0.1) is 11.1 Å². The minimum Gasteiger partial charge on any atom is -0.266 e. The molecule has 0 radical (unpaired) electrons. The van der Waals surface area contributed by atoms with Gasteiger partial charge in [-0.25, -0.2) is 5.43 Å². The molecule has 0 fully saturated rings. The number of hydrazone groups is 1. The molecule has 1 aliphatic carbocycles. The van der Waals surface area contributed by atoms with E-state index in [1.165, 1.54) is 29.7 Å². The molecule has 1 amide bonds. The first kappa shape index (κ1) is 15.4. The molecule has 1 aromatic heterocycles. The van der Waals surface area contributed by atoms with Crippen LogP contribution in [0.15, 0.2) is 39.9 Å². The van der Waals surface area contributed by atoms with Crippen molar-refractivity contribution in [2.75, 3.05) is 0 Å². The summed E-state index contributed by atoms with van der Waals surface area (Å²) < 4.78 is 0.954. The van der Waals surface area contributed by atoms with E-state index in [-0.39, 0.29) is 5.91 Å². The van der Waals surface area contributed by atoms with Gasteiger partial charge in [0, 0.05) is 14.9 Å². The van der Waals surface area contributed by atoms with Crippen LogP contribution in [-0.2, 0) is 12.8 Å². The first-order chi connectivity index (χ1) is 10.7. The van der Waals surface area contributed by atoms with Crippen molar-refractivity contribution in [3.05, 3.63) is 55.7 Å². The number of fused-ring (bicyclic) bond motifs is 1. The van der Waals surface area contributed by atoms with Crippen molar-refractivity contribution >= 4 is 39.4 Å². The molecule has 0 saturated carbocycles. The minimum absolute atomic E-state index is 0.124.